The number of pyridine rings is 1. The maximum atomic E-state index is 12.5. The van der Waals surface area contributed by atoms with Crippen molar-refractivity contribution in [1.29, 1.82) is 0 Å². The highest BCUT2D eigenvalue weighted by molar-refractivity contribution is 5.88. The molecule has 4 aromatic rings. The molecule has 0 radical (unpaired) electrons. The normalized spacial score (nSPS) is 14.8. The summed E-state index contributed by atoms with van der Waals surface area (Å²) in [6, 6.07) is 16.0. The summed E-state index contributed by atoms with van der Waals surface area (Å²) in [5, 5.41) is 11.8. The van der Waals surface area contributed by atoms with Gasteiger partial charge in [0.05, 0.1) is 17.8 Å². The molecular formula is C24H26N6O. The number of rotatable bonds is 6. The smallest absolute Gasteiger partial charge is 0.224 e. The van der Waals surface area contributed by atoms with Gasteiger partial charge in [-0.1, -0.05) is 24.3 Å². The molecule has 1 saturated heterocycles. The molecule has 0 bridgehead atoms. The van der Waals surface area contributed by atoms with Crippen molar-refractivity contribution >= 4 is 22.6 Å². The number of benzene rings is 1. The maximum Gasteiger partial charge on any atom is 0.224 e. The van der Waals surface area contributed by atoms with Crippen LogP contribution >= 0.6 is 0 Å². The number of carbonyl (C=O) groups is 1. The molecule has 0 atom stereocenters. The number of aromatic amines is 2. The first-order chi connectivity index (χ1) is 15.3. The molecule has 4 heterocycles. The van der Waals surface area contributed by atoms with Crippen LogP contribution in [-0.2, 0) is 11.2 Å². The van der Waals surface area contributed by atoms with Gasteiger partial charge < -0.3 is 15.2 Å². The average molecular weight is 415 g/mol. The third kappa shape index (κ3) is 4.30. The van der Waals surface area contributed by atoms with Gasteiger partial charge >= 0.3 is 0 Å². The fourth-order valence-electron chi connectivity index (χ4n) is 4.26. The largest absolute Gasteiger partial charge is 0.361 e. The number of nitrogens with zero attached hydrogens (tertiary/aromatic N) is 3. The third-order valence-electron chi connectivity index (χ3n) is 6.06. The first kappa shape index (κ1) is 19.4. The minimum Gasteiger partial charge on any atom is -0.361 e. The number of fused-ring (bicyclic) bond motifs is 1. The van der Waals surface area contributed by atoms with Gasteiger partial charge in [0.1, 0.15) is 0 Å². The minimum atomic E-state index is 0.0829. The molecule has 0 unspecified atom stereocenters. The zero-order valence-electron chi connectivity index (χ0n) is 17.3. The second kappa shape index (κ2) is 8.63. The van der Waals surface area contributed by atoms with E-state index in [0.717, 1.165) is 66.1 Å². The van der Waals surface area contributed by atoms with Crippen LogP contribution in [-0.4, -0.2) is 45.7 Å². The number of hydrogen-bond acceptors (Lipinski definition) is 4. The zero-order chi connectivity index (χ0) is 21.0. The van der Waals surface area contributed by atoms with E-state index in [1.54, 1.807) is 6.20 Å². The van der Waals surface area contributed by atoms with Gasteiger partial charge in [0.2, 0.25) is 5.91 Å². The van der Waals surface area contributed by atoms with Crippen molar-refractivity contribution in [2.45, 2.75) is 19.3 Å². The van der Waals surface area contributed by atoms with Crippen LogP contribution in [0.5, 0.6) is 0 Å². The number of aromatic nitrogens is 4. The van der Waals surface area contributed by atoms with Crippen LogP contribution in [0.4, 0.5) is 5.82 Å². The number of amides is 1. The first-order valence-electron chi connectivity index (χ1n) is 10.8. The van der Waals surface area contributed by atoms with E-state index >= 15 is 0 Å². The Kier molecular flexibility index (Phi) is 5.39. The highest BCUT2D eigenvalue weighted by Gasteiger charge is 2.22. The molecule has 0 saturated carbocycles. The zero-order valence-corrected chi connectivity index (χ0v) is 17.3. The van der Waals surface area contributed by atoms with E-state index < -0.39 is 0 Å². The summed E-state index contributed by atoms with van der Waals surface area (Å²) in [7, 11) is 0. The van der Waals surface area contributed by atoms with E-state index in [0.29, 0.717) is 12.3 Å². The van der Waals surface area contributed by atoms with E-state index in [2.05, 4.69) is 42.5 Å². The lowest BCUT2D eigenvalue weighted by Crippen LogP contribution is -2.39. The van der Waals surface area contributed by atoms with Crippen LogP contribution in [0.3, 0.4) is 0 Å². The quantitative estimate of drug-likeness (QED) is 0.450. The van der Waals surface area contributed by atoms with E-state index in [1.807, 2.05) is 42.6 Å². The molecular weight excluding hydrogens is 388 g/mol. The van der Waals surface area contributed by atoms with Crippen molar-refractivity contribution in [1.82, 2.24) is 25.5 Å². The molecule has 1 aliphatic rings. The summed E-state index contributed by atoms with van der Waals surface area (Å²) >= 11 is 0. The fourth-order valence-corrected chi connectivity index (χ4v) is 4.26. The summed E-state index contributed by atoms with van der Waals surface area (Å²) in [5.74, 6) is 1.54. The molecule has 1 amide bonds. The Labute approximate surface area is 180 Å². The van der Waals surface area contributed by atoms with Gasteiger partial charge in [0, 0.05) is 49.0 Å². The van der Waals surface area contributed by atoms with Crippen LogP contribution in [0.1, 0.15) is 18.4 Å². The third-order valence-corrected chi connectivity index (χ3v) is 6.06. The molecule has 1 aromatic carbocycles. The molecule has 1 aliphatic heterocycles. The first-order valence-corrected chi connectivity index (χ1v) is 10.8. The predicted octanol–water partition coefficient (Wildman–Crippen LogP) is 3.53. The van der Waals surface area contributed by atoms with Crippen molar-refractivity contribution in [3.8, 4) is 11.4 Å². The number of piperidine rings is 1. The Hall–Kier alpha value is -3.61. The van der Waals surface area contributed by atoms with Crippen LogP contribution in [0, 0.1) is 5.92 Å². The summed E-state index contributed by atoms with van der Waals surface area (Å²) < 4.78 is 0. The van der Waals surface area contributed by atoms with E-state index in [1.165, 1.54) is 0 Å². The molecule has 7 nitrogen and oxygen atoms in total. The fraction of sp³-hybridized carbons (Fsp3) is 0.292. The van der Waals surface area contributed by atoms with Crippen molar-refractivity contribution in [3.05, 3.63) is 66.5 Å². The van der Waals surface area contributed by atoms with Gasteiger partial charge in [0.15, 0.2) is 5.82 Å². The van der Waals surface area contributed by atoms with Gasteiger partial charge in [-0.05, 0) is 42.5 Å². The molecule has 5 rings (SSSR count). The number of hydrogen-bond donors (Lipinski definition) is 3. The van der Waals surface area contributed by atoms with Crippen molar-refractivity contribution in [2.24, 2.45) is 5.92 Å². The van der Waals surface area contributed by atoms with Crippen LogP contribution in [0.15, 0.2) is 60.9 Å². The molecule has 0 aliphatic carbocycles. The number of para-hydroxylation sites is 1. The summed E-state index contributed by atoms with van der Waals surface area (Å²) in [4.78, 5) is 22.4. The molecule has 158 valence electrons. The number of carbonyl (C=O) groups excluding carboxylic acids is 1. The summed E-state index contributed by atoms with van der Waals surface area (Å²) in [6.45, 7) is 2.61. The monoisotopic (exact) mass is 414 g/mol. The molecule has 3 aromatic heterocycles. The minimum absolute atomic E-state index is 0.0829. The lowest BCUT2D eigenvalue weighted by Gasteiger charge is -2.32. The van der Waals surface area contributed by atoms with Gasteiger partial charge in [-0.25, -0.2) is 0 Å². The SMILES string of the molecule is O=C(Cc1c[nH]c2ccccc12)NCC1CCN(c2cc(-c3ccccn3)[nH]n2)CC1. The Bertz CT molecular complexity index is 1160. The van der Waals surface area contributed by atoms with Crippen LogP contribution in [0.2, 0.25) is 0 Å². The lowest BCUT2D eigenvalue weighted by molar-refractivity contribution is -0.120. The van der Waals surface area contributed by atoms with E-state index in [4.69, 9.17) is 0 Å². The molecule has 0 spiro atoms. The van der Waals surface area contributed by atoms with Crippen molar-refractivity contribution < 1.29 is 4.79 Å². The van der Waals surface area contributed by atoms with Crippen molar-refractivity contribution in [3.63, 3.8) is 0 Å². The molecule has 1 fully saturated rings. The summed E-state index contributed by atoms with van der Waals surface area (Å²) in [5.41, 5.74) is 3.95. The van der Waals surface area contributed by atoms with E-state index in [-0.39, 0.29) is 5.91 Å². The van der Waals surface area contributed by atoms with E-state index in [9.17, 15) is 4.79 Å². The topological polar surface area (TPSA) is 89.7 Å². The number of nitrogens with one attached hydrogen (secondary N) is 3. The highest BCUT2D eigenvalue weighted by Crippen LogP contribution is 2.25. The number of anilines is 1. The highest BCUT2D eigenvalue weighted by atomic mass is 16.1. The van der Waals surface area contributed by atoms with Gasteiger partial charge in [-0.3, -0.25) is 14.9 Å². The van der Waals surface area contributed by atoms with Crippen LogP contribution < -0.4 is 10.2 Å². The second-order valence-electron chi connectivity index (χ2n) is 8.13. The standard InChI is InChI=1S/C24H26N6O/c31-24(13-18-16-26-20-6-2-1-5-19(18)20)27-15-17-8-11-30(12-9-17)23-14-22(28-29-23)21-7-3-4-10-25-21/h1-7,10,14,16-17,26H,8-9,11-13,15H2,(H,27,31)(H,28,29). The summed E-state index contributed by atoms with van der Waals surface area (Å²) in [6.07, 6.45) is 6.21. The van der Waals surface area contributed by atoms with Gasteiger partial charge in [-0.15, -0.1) is 0 Å². The van der Waals surface area contributed by atoms with Gasteiger partial charge in [-0.2, -0.15) is 5.10 Å². The Balaban J connectivity index is 1.10. The molecule has 7 heteroatoms. The Morgan fingerprint density at radius 3 is 2.81 bits per heavy atom. The molecule has 31 heavy (non-hydrogen) atoms. The molecule has 3 N–H and O–H groups in total. The Morgan fingerprint density at radius 1 is 1.13 bits per heavy atom. The van der Waals surface area contributed by atoms with Crippen molar-refractivity contribution in [2.75, 3.05) is 24.5 Å². The lowest BCUT2D eigenvalue weighted by atomic mass is 9.96. The predicted molar refractivity (Wildman–Crippen MR) is 122 cm³/mol. The van der Waals surface area contributed by atoms with Gasteiger partial charge in [0.25, 0.3) is 0 Å². The average Bonchev–Trinajstić information content (AvgIpc) is 3.47. The Morgan fingerprint density at radius 2 is 1.97 bits per heavy atom. The van der Waals surface area contributed by atoms with Crippen LogP contribution in [0.25, 0.3) is 22.3 Å². The maximum absolute atomic E-state index is 12.5. The second-order valence-corrected chi connectivity index (χ2v) is 8.13. The number of H-pyrrole nitrogens is 2.